The normalized spacial score (nSPS) is 28.3. The van der Waals surface area contributed by atoms with Crippen LogP contribution < -0.4 is 10.1 Å². The number of hydrogen-bond acceptors (Lipinski definition) is 3. The smallest absolute Gasteiger partial charge is 0.127 e. The van der Waals surface area contributed by atoms with Gasteiger partial charge in [-0.2, -0.15) is 0 Å². The van der Waals surface area contributed by atoms with Crippen LogP contribution in [0.1, 0.15) is 30.1 Å². The average Bonchev–Trinajstić information content (AvgIpc) is 3.31. The van der Waals surface area contributed by atoms with Gasteiger partial charge in [-0.1, -0.05) is 42.5 Å². The standard InChI is InChI=1S/C22H23NOS/c1-2-7-17-15(5-1)6-3-8-21(17)24-14-19-18(22-9-4-12-25-22)13-16-10-11-20(19)23-16/h1-9,12,16,18-20,23H,10-11,13-14H2. The van der Waals surface area contributed by atoms with E-state index in [4.69, 9.17) is 4.74 Å². The molecule has 2 fully saturated rings. The van der Waals surface area contributed by atoms with Crippen LogP contribution in [-0.2, 0) is 0 Å². The summed E-state index contributed by atoms with van der Waals surface area (Å²) < 4.78 is 6.40. The predicted molar refractivity (Wildman–Crippen MR) is 105 cm³/mol. The van der Waals surface area contributed by atoms with E-state index in [2.05, 4.69) is 65.3 Å². The monoisotopic (exact) mass is 349 g/mol. The van der Waals surface area contributed by atoms with Crippen molar-refractivity contribution < 1.29 is 4.74 Å². The molecule has 3 aromatic rings. The van der Waals surface area contributed by atoms with E-state index in [0.29, 0.717) is 23.9 Å². The van der Waals surface area contributed by atoms with Crippen molar-refractivity contribution in [3.63, 3.8) is 0 Å². The Morgan fingerprint density at radius 3 is 2.84 bits per heavy atom. The second-order valence-corrected chi connectivity index (χ2v) is 8.34. The Hall–Kier alpha value is -1.84. The molecule has 4 unspecified atom stereocenters. The van der Waals surface area contributed by atoms with Gasteiger partial charge in [0.25, 0.3) is 0 Å². The molecule has 5 rings (SSSR count). The number of fused-ring (bicyclic) bond motifs is 3. The first-order valence-electron chi connectivity index (χ1n) is 9.28. The van der Waals surface area contributed by atoms with E-state index in [9.17, 15) is 0 Å². The zero-order valence-corrected chi connectivity index (χ0v) is 15.0. The molecule has 0 spiro atoms. The molecule has 2 aliphatic heterocycles. The summed E-state index contributed by atoms with van der Waals surface area (Å²) in [7, 11) is 0. The summed E-state index contributed by atoms with van der Waals surface area (Å²) in [5.41, 5.74) is 0. The first kappa shape index (κ1) is 15.4. The van der Waals surface area contributed by atoms with Crippen molar-refractivity contribution in [1.82, 2.24) is 5.32 Å². The molecule has 1 aromatic heterocycles. The number of ether oxygens (including phenoxy) is 1. The van der Waals surface area contributed by atoms with E-state index in [0.717, 1.165) is 12.4 Å². The molecule has 0 aliphatic carbocycles. The molecule has 2 nitrogen and oxygen atoms in total. The highest BCUT2D eigenvalue weighted by molar-refractivity contribution is 7.10. The molecule has 2 aliphatic rings. The topological polar surface area (TPSA) is 21.3 Å². The molecule has 128 valence electrons. The van der Waals surface area contributed by atoms with Crippen LogP contribution in [0, 0.1) is 5.92 Å². The molecule has 2 aromatic carbocycles. The van der Waals surface area contributed by atoms with E-state index in [1.807, 2.05) is 11.3 Å². The number of thiophene rings is 1. The Labute approximate surface area is 152 Å². The van der Waals surface area contributed by atoms with Gasteiger partial charge in [0.15, 0.2) is 0 Å². The van der Waals surface area contributed by atoms with Crippen molar-refractivity contribution in [2.45, 2.75) is 37.3 Å². The third-order valence-corrected chi connectivity index (χ3v) is 6.94. The van der Waals surface area contributed by atoms with Gasteiger partial charge < -0.3 is 10.1 Å². The van der Waals surface area contributed by atoms with E-state index < -0.39 is 0 Å². The summed E-state index contributed by atoms with van der Waals surface area (Å²) in [4.78, 5) is 1.53. The van der Waals surface area contributed by atoms with Gasteiger partial charge in [-0.05, 0) is 42.2 Å². The highest BCUT2D eigenvalue weighted by atomic mass is 32.1. The van der Waals surface area contributed by atoms with Crippen molar-refractivity contribution in [3.05, 3.63) is 64.9 Å². The van der Waals surface area contributed by atoms with Crippen LogP contribution >= 0.6 is 11.3 Å². The zero-order valence-electron chi connectivity index (χ0n) is 14.2. The molecule has 0 saturated carbocycles. The predicted octanol–water partition coefficient (Wildman–Crippen LogP) is 5.20. The first-order chi connectivity index (χ1) is 12.4. The summed E-state index contributed by atoms with van der Waals surface area (Å²) in [5.74, 6) is 2.20. The number of hydrogen-bond donors (Lipinski definition) is 1. The third-order valence-electron chi connectivity index (χ3n) is 5.94. The van der Waals surface area contributed by atoms with Gasteiger partial charge in [0.2, 0.25) is 0 Å². The Morgan fingerprint density at radius 1 is 1.00 bits per heavy atom. The summed E-state index contributed by atoms with van der Waals surface area (Å²) in [5, 5.41) is 8.50. The van der Waals surface area contributed by atoms with Crippen LogP contribution in [0.3, 0.4) is 0 Å². The summed E-state index contributed by atoms with van der Waals surface area (Å²) in [6.45, 7) is 0.793. The van der Waals surface area contributed by atoms with Gasteiger partial charge in [0, 0.05) is 34.2 Å². The van der Waals surface area contributed by atoms with Crippen LogP contribution in [0.25, 0.3) is 10.8 Å². The Morgan fingerprint density at radius 2 is 1.92 bits per heavy atom. The van der Waals surface area contributed by atoms with Gasteiger partial charge in [0.05, 0.1) is 6.61 Å². The molecular weight excluding hydrogens is 326 g/mol. The van der Waals surface area contributed by atoms with Crippen molar-refractivity contribution in [1.29, 1.82) is 0 Å². The maximum absolute atomic E-state index is 6.40. The van der Waals surface area contributed by atoms with Crippen molar-refractivity contribution in [2.24, 2.45) is 5.92 Å². The lowest BCUT2D eigenvalue weighted by molar-refractivity contribution is 0.161. The number of benzene rings is 2. The quantitative estimate of drug-likeness (QED) is 0.698. The summed E-state index contributed by atoms with van der Waals surface area (Å²) in [6, 6.07) is 20.6. The second kappa shape index (κ2) is 6.47. The van der Waals surface area contributed by atoms with Gasteiger partial charge in [-0.3, -0.25) is 0 Å². The highest BCUT2D eigenvalue weighted by Gasteiger charge is 2.42. The number of rotatable bonds is 4. The van der Waals surface area contributed by atoms with Gasteiger partial charge in [0.1, 0.15) is 5.75 Å². The van der Waals surface area contributed by atoms with Crippen LogP contribution in [0.4, 0.5) is 0 Å². The number of nitrogens with one attached hydrogen (secondary N) is 1. The molecule has 25 heavy (non-hydrogen) atoms. The second-order valence-electron chi connectivity index (χ2n) is 7.36. The van der Waals surface area contributed by atoms with E-state index in [-0.39, 0.29) is 0 Å². The lowest BCUT2D eigenvalue weighted by atomic mass is 9.81. The summed E-state index contributed by atoms with van der Waals surface area (Å²) in [6.07, 6.45) is 3.86. The fourth-order valence-corrected chi connectivity index (χ4v) is 5.62. The molecule has 1 N–H and O–H groups in total. The van der Waals surface area contributed by atoms with Crippen molar-refractivity contribution in [2.75, 3.05) is 6.61 Å². The molecule has 2 saturated heterocycles. The lowest BCUT2D eigenvalue weighted by Gasteiger charge is -2.37. The van der Waals surface area contributed by atoms with Gasteiger partial charge in [-0.15, -0.1) is 11.3 Å². The van der Waals surface area contributed by atoms with Crippen LogP contribution in [0.15, 0.2) is 60.0 Å². The molecule has 0 radical (unpaired) electrons. The fraction of sp³-hybridized carbons (Fsp3) is 0.364. The number of piperidine rings is 1. The molecule has 3 heterocycles. The van der Waals surface area contributed by atoms with Crippen molar-refractivity contribution in [3.8, 4) is 5.75 Å². The van der Waals surface area contributed by atoms with Crippen LogP contribution in [-0.4, -0.2) is 18.7 Å². The average molecular weight is 349 g/mol. The van der Waals surface area contributed by atoms with E-state index in [1.54, 1.807) is 0 Å². The maximum atomic E-state index is 6.40. The van der Waals surface area contributed by atoms with E-state index in [1.165, 1.54) is 34.9 Å². The van der Waals surface area contributed by atoms with Crippen molar-refractivity contribution >= 4 is 22.1 Å². The summed E-state index contributed by atoms with van der Waals surface area (Å²) >= 11 is 1.91. The molecule has 4 atom stereocenters. The van der Waals surface area contributed by atoms with Gasteiger partial charge >= 0.3 is 0 Å². The molecule has 3 heteroatoms. The maximum Gasteiger partial charge on any atom is 0.127 e. The molecule has 0 amide bonds. The minimum atomic E-state index is 0.552. The Bertz CT molecular complexity index is 854. The largest absolute Gasteiger partial charge is 0.493 e. The van der Waals surface area contributed by atoms with E-state index >= 15 is 0 Å². The Kier molecular flexibility index (Phi) is 3.99. The molecular formula is C22H23NOS. The Balaban J connectivity index is 1.41. The lowest BCUT2D eigenvalue weighted by Crippen LogP contribution is -2.46. The van der Waals surface area contributed by atoms with Crippen LogP contribution in [0.5, 0.6) is 5.75 Å². The molecule has 2 bridgehead atoms. The highest BCUT2D eigenvalue weighted by Crippen LogP contribution is 2.43. The minimum absolute atomic E-state index is 0.552. The first-order valence-corrected chi connectivity index (χ1v) is 10.2. The van der Waals surface area contributed by atoms with Gasteiger partial charge in [-0.25, -0.2) is 0 Å². The fourth-order valence-electron chi connectivity index (χ4n) is 4.70. The SMILES string of the molecule is c1csc(C2CC3CCC(N3)C2COc2cccc3ccccc23)c1. The van der Waals surface area contributed by atoms with Crippen LogP contribution in [0.2, 0.25) is 0 Å². The zero-order chi connectivity index (χ0) is 16.6. The minimum Gasteiger partial charge on any atom is -0.493 e. The third kappa shape index (κ3) is 2.86.